The molecule has 1 aromatic heterocycles. The molecule has 1 aliphatic rings. The highest BCUT2D eigenvalue weighted by Gasteiger charge is 2.31. The molecule has 2 unspecified atom stereocenters. The second-order valence-electron chi connectivity index (χ2n) is 7.35. The van der Waals surface area contributed by atoms with Crippen LogP contribution in [-0.2, 0) is 16.4 Å². The number of benzene rings is 1. The van der Waals surface area contributed by atoms with Crippen LogP contribution in [-0.4, -0.2) is 48.5 Å². The number of sulfonamides is 1. The Morgan fingerprint density at radius 3 is 2.79 bits per heavy atom. The van der Waals surface area contributed by atoms with Gasteiger partial charge >= 0.3 is 0 Å². The quantitative estimate of drug-likeness (QED) is 0.760. The van der Waals surface area contributed by atoms with Gasteiger partial charge in [-0.2, -0.15) is 9.29 Å². The van der Waals surface area contributed by atoms with Crippen LogP contribution in [0, 0.1) is 6.92 Å². The minimum Gasteiger partial charge on any atom is -0.334 e. The van der Waals surface area contributed by atoms with Crippen LogP contribution in [0.4, 0.5) is 0 Å². The molecule has 0 aliphatic carbocycles. The molecule has 0 radical (unpaired) electrons. The van der Waals surface area contributed by atoms with E-state index in [2.05, 4.69) is 15.5 Å². The standard InChI is InChI=1S/C19H28N4O3S.ClH/c1-13-8-9-16(27(24,25)23-10-6-5-7-15(23)3)12-17(13)19-21-18(22-26-19)11-14(2)20-4;/h8-9,12,14-15,20H,5-7,10-11H2,1-4H3;1H. The molecule has 9 heteroatoms. The smallest absolute Gasteiger partial charge is 0.258 e. The largest absolute Gasteiger partial charge is 0.334 e. The van der Waals surface area contributed by atoms with E-state index in [4.69, 9.17) is 4.52 Å². The summed E-state index contributed by atoms with van der Waals surface area (Å²) in [5.74, 6) is 0.957. The summed E-state index contributed by atoms with van der Waals surface area (Å²) in [6, 6.07) is 5.37. The number of piperidine rings is 1. The second kappa shape index (κ2) is 9.35. The molecule has 1 aromatic carbocycles. The molecule has 7 nitrogen and oxygen atoms in total. The van der Waals surface area contributed by atoms with Crippen LogP contribution in [0.2, 0.25) is 0 Å². The van der Waals surface area contributed by atoms with E-state index in [1.807, 2.05) is 27.8 Å². The molecule has 1 N–H and O–H groups in total. The van der Waals surface area contributed by atoms with E-state index < -0.39 is 10.0 Å². The van der Waals surface area contributed by atoms with Gasteiger partial charge < -0.3 is 9.84 Å². The molecule has 2 heterocycles. The van der Waals surface area contributed by atoms with Crippen LogP contribution in [0.5, 0.6) is 0 Å². The van der Waals surface area contributed by atoms with Crippen molar-refractivity contribution < 1.29 is 12.9 Å². The number of halogens is 1. The zero-order chi connectivity index (χ0) is 19.6. The number of rotatable bonds is 6. The summed E-state index contributed by atoms with van der Waals surface area (Å²) in [4.78, 5) is 4.73. The van der Waals surface area contributed by atoms with Crippen LogP contribution in [0.1, 0.15) is 44.5 Å². The number of hydrogen-bond donors (Lipinski definition) is 1. The lowest BCUT2D eigenvalue weighted by Crippen LogP contribution is -2.41. The van der Waals surface area contributed by atoms with Crippen LogP contribution in [0.15, 0.2) is 27.6 Å². The molecule has 2 atom stereocenters. The molecule has 1 fully saturated rings. The van der Waals surface area contributed by atoms with Gasteiger partial charge in [-0.1, -0.05) is 17.6 Å². The first kappa shape index (κ1) is 22.8. The molecule has 0 amide bonds. The second-order valence-corrected chi connectivity index (χ2v) is 9.24. The van der Waals surface area contributed by atoms with E-state index in [9.17, 15) is 8.42 Å². The highest BCUT2D eigenvalue weighted by molar-refractivity contribution is 7.89. The Morgan fingerprint density at radius 2 is 2.11 bits per heavy atom. The zero-order valence-electron chi connectivity index (χ0n) is 16.8. The minimum absolute atomic E-state index is 0. The van der Waals surface area contributed by atoms with E-state index in [0.29, 0.717) is 30.2 Å². The highest BCUT2D eigenvalue weighted by Crippen LogP contribution is 2.29. The van der Waals surface area contributed by atoms with E-state index in [0.717, 1.165) is 24.8 Å². The molecule has 1 aliphatic heterocycles. The van der Waals surface area contributed by atoms with Crippen molar-refractivity contribution in [2.24, 2.45) is 0 Å². The Labute approximate surface area is 173 Å². The lowest BCUT2D eigenvalue weighted by Gasteiger charge is -2.32. The summed E-state index contributed by atoms with van der Waals surface area (Å²) in [5.41, 5.74) is 1.56. The molecule has 1 saturated heterocycles. The van der Waals surface area contributed by atoms with Gasteiger partial charge in [-0.25, -0.2) is 8.42 Å². The summed E-state index contributed by atoms with van der Waals surface area (Å²) in [6.07, 6.45) is 3.51. The van der Waals surface area contributed by atoms with E-state index in [-0.39, 0.29) is 29.4 Å². The fourth-order valence-electron chi connectivity index (χ4n) is 3.38. The molecule has 3 rings (SSSR count). The Kier molecular flexibility index (Phi) is 7.61. The van der Waals surface area contributed by atoms with Gasteiger partial charge in [0.25, 0.3) is 5.89 Å². The first-order valence-corrected chi connectivity index (χ1v) is 10.9. The Hall–Kier alpha value is -1.48. The zero-order valence-corrected chi connectivity index (χ0v) is 18.4. The maximum absolute atomic E-state index is 13.1. The average Bonchev–Trinajstić information content (AvgIpc) is 3.10. The van der Waals surface area contributed by atoms with Crippen molar-refractivity contribution >= 4 is 22.4 Å². The highest BCUT2D eigenvalue weighted by atomic mass is 35.5. The topological polar surface area (TPSA) is 88.3 Å². The Morgan fingerprint density at radius 1 is 1.36 bits per heavy atom. The van der Waals surface area contributed by atoms with Crippen molar-refractivity contribution in [3.8, 4) is 11.5 Å². The Balaban J connectivity index is 0.00000280. The van der Waals surface area contributed by atoms with Crippen LogP contribution in [0.3, 0.4) is 0 Å². The van der Waals surface area contributed by atoms with Crippen LogP contribution >= 0.6 is 12.4 Å². The summed E-state index contributed by atoms with van der Waals surface area (Å²) in [5, 5.41) is 7.17. The molecule has 0 saturated carbocycles. The molecule has 28 heavy (non-hydrogen) atoms. The van der Waals surface area contributed by atoms with Gasteiger partial charge in [0.1, 0.15) is 0 Å². The fraction of sp³-hybridized carbons (Fsp3) is 0.579. The number of nitrogens with one attached hydrogen (secondary N) is 1. The SMILES string of the molecule is CNC(C)Cc1noc(-c2cc(S(=O)(=O)N3CCCCC3C)ccc2C)n1.Cl. The van der Waals surface area contributed by atoms with Gasteiger partial charge in [-0.05, 0) is 58.4 Å². The minimum atomic E-state index is -3.54. The number of nitrogens with zero attached hydrogens (tertiary/aromatic N) is 3. The molecule has 2 aromatic rings. The van der Waals surface area contributed by atoms with Gasteiger partial charge in [0.2, 0.25) is 10.0 Å². The van der Waals surface area contributed by atoms with Crippen LogP contribution in [0.25, 0.3) is 11.5 Å². The van der Waals surface area contributed by atoms with Crippen molar-refractivity contribution in [2.75, 3.05) is 13.6 Å². The van der Waals surface area contributed by atoms with E-state index >= 15 is 0 Å². The normalized spacial score (nSPS) is 19.2. The predicted molar refractivity (Wildman–Crippen MR) is 111 cm³/mol. The molecule has 0 bridgehead atoms. The third kappa shape index (κ3) is 4.74. The summed E-state index contributed by atoms with van der Waals surface area (Å²) in [6.45, 7) is 6.49. The monoisotopic (exact) mass is 428 g/mol. The maximum atomic E-state index is 13.1. The lowest BCUT2D eigenvalue weighted by atomic mass is 10.1. The van der Waals surface area contributed by atoms with Gasteiger partial charge in [0.15, 0.2) is 5.82 Å². The number of hydrogen-bond acceptors (Lipinski definition) is 6. The van der Waals surface area contributed by atoms with Crippen LogP contribution < -0.4 is 5.32 Å². The average molecular weight is 429 g/mol. The predicted octanol–water partition coefficient (Wildman–Crippen LogP) is 3.18. The van der Waals surface area contributed by atoms with Crippen molar-refractivity contribution in [2.45, 2.75) is 63.4 Å². The van der Waals surface area contributed by atoms with Crippen molar-refractivity contribution in [3.05, 3.63) is 29.6 Å². The summed E-state index contributed by atoms with van der Waals surface area (Å²) < 4.78 is 33.3. The van der Waals surface area contributed by atoms with E-state index in [1.165, 1.54) is 0 Å². The first-order chi connectivity index (χ1) is 12.8. The number of aryl methyl sites for hydroxylation is 1. The number of aromatic nitrogens is 2. The van der Waals surface area contributed by atoms with Gasteiger partial charge in [-0.15, -0.1) is 12.4 Å². The van der Waals surface area contributed by atoms with Crippen molar-refractivity contribution in [1.29, 1.82) is 0 Å². The van der Waals surface area contributed by atoms with Crippen molar-refractivity contribution in [3.63, 3.8) is 0 Å². The fourth-order valence-corrected chi connectivity index (χ4v) is 5.10. The number of likely N-dealkylation sites (N-methyl/N-ethyl adjacent to an activating group) is 1. The lowest BCUT2D eigenvalue weighted by molar-refractivity contribution is 0.268. The third-order valence-corrected chi connectivity index (χ3v) is 7.25. The van der Waals surface area contributed by atoms with E-state index in [1.54, 1.807) is 22.5 Å². The molecule has 156 valence electrons. The summed E-state index contributed by atoms with van der Waals surface area (Å²) in [7, 11) is -1.66. The summed E-state index contributed by atoms with van der Waals surface area (Å²) >= 11 is 0. The maximum Gasteiger partial charge on any atom is 0.258 e. The Bertz CT molecular complexity index is 900. The molecule has 0 spiro atoms. The van der Waals surface area contributed by atoms with Crippen molar-refractivity contribution in [1.82, 2.24) is 19.8 Å². The first-order valence-electron chi connectivity index (χ1n) is 9.45. The van der Waals surface area contributed by atoms with Gasteiger partial charge in [0.05, 0.1) is 4.90 Å². The van der Waals surface area contributed by atoms with Gasteiger partial charge in [0, 0.05) is 30.6 Å². The van der Waals surface area contributed by atoms with Gasteiger partial charge in [-0.3, -0.25) is 0 Å². The molecular weight excluding hydrogens is 400 g/mol. The molecular formula is C19H29ClN4O3S. The third-order valence-electron chi connectivity index (χ3n) is 5.24.